The molecule has 0 fully saturated rings. The highest BCUT2D eigenvalue weighted by molar-refractivity contribution is 5.57. The number of nitro groups is 1. The topological polar surface area (TPSA) is 93.9 Å². The van der Waals surface area contributed by atoms with Gasteiger partial charge >= 0.3 is 6.18 Å². The molecule has 0 saturated heterocycles. The van der Waals surface area contributed by atoms with Gasteiger partial charge in [-0.1, -0.05) is 0 Å². The highest BCUT2D eigenvalue weighted by atomic mass is 19.4. The number of nitrogens with zero attached hydrogens (tertiary/aromatic N) is 1. The molecule has 2 aromatic rings. The fraction of sp³-hybridized carbons (Fsp3) is 0.294. The molecule has 0 aromatic heterocycles. The second-order valence-electron chi connectivity index (χ2n) is 5.49. The minimum atomic E-state index is -4.80. The normalized spacial score (nSPS) is 12.4. The van der Waals surface area contributed by atoms with Crippen molar-refractivity contribution in [1.82, 2.24) is 0 Å². The fourth-order valence-corrected chi connectivity index (χ4v) is 2.45. The fourth-order valence-electron chi connectivity index (χ4n) is 2.45. The van der Waals surface area contributed by atoms with Crippen LogP contribution in [0.3, 0.4) is 0 Å². The molecule has 0 aliphatic rings. The van der Waals surface area contributed by atoms with Crippen molar-refractivity contribution < 1.29 is 32.7 Å². The SMILES string of the molecule is COc1ccc(OC)c(C(O)CNc2ccc([N+](=O)[O-])cc2C(F)(F)F)c1. The summed E-state index contributed by atoms with van der Waals surface area (Å²) in [4.78, 5) is 9.82. The van der Waals surface area contributed by atoms with Crippen molar-refractivity contribution in [2.75, 3.05) is 26.1 Å². The first-order valence-corrected chi connectivity index (χ1v) is 7.67. The third-order valence-electron chi connectivity index (χ3n) is 3.80. The van der Waals surface area contributed by atoms with Gasteiger partial charge in [-0.05, 0) is 24.3 Å². The molecule has 146 valence electrons. The maximum Gasteiger partial charge on any atom is 0.418 e. The molecule has 0 aliphatic carbocycles. The Kier molecular flexibility index (Phi) is 6.11. The third kappa shape index (κ3) is 4.79. The molecule has 7 nitrogen and oxygen atoms in total. The lowest BCUT2D eigenvalue weighted by molar-refractivity contribution is -0.385. The van der Waals surface area contributed by atoms with Gasteiger partial charge in [0.25, 0.3) is 5.69 Å². The maximum absolute atomic E-state index is 13.2. The van der Waals surface area contributed by atoms with Gasteiger partial charge in [-0.3, -0.25) is 10.1 Å². The Bertz CT molecular complexity index is 827. The largest absolute Gasteiger partial charge is 0.497 e. The summed E-state index contributed by atoms with van der Waals surface area (Å²) >= 11 is 0. The molecule has 0 amide bonds. The molecule has 0 bridgehead atoms. The number of anilines is 1. The number of nitrogens with one attached hydrogen (secondary N) is 1. The quantitative estimate of drug-likeness (QED) is 0.556. The van der Waals surface area contributed by atoms with Crippen LogP contribution in [0.25, 0.3) is 0 Å². The standard InChI is InChI=1S/C17H17F3N2O5/c1-26-11-4-6-16(27-2)12(8-11)15(23)9-21-14-5-3-10(22(24)25)7-13(14)17(18,19)20/h3-8,15,21,23H,9H2,1-2H3. The van der Waals surface area contributed by atoms with Crippen LogP contribution >= 0.6 is 0 Å². The van der Waals surface area contributed by atoms with Crippen molar-refractivity contribution in [1.29, 1.82) is 0 Å². The summed E-state index contributed by atoms with van der Waals surface area (Å²) in [5, 5.41) is 23.6. The number of alkyl halides is 3. The summed E-state index contributed by atoms with van der Waals surface area (Å²) in [6.45, 7) is -0.287. The molecule has 0 heterocycles. The van der Waals surface area contributed by atoms with Crippen LogP contribution in [0.1, 0.15) is 17.2 Å². The highest BCUT2D eigenvalue weighted by Gasteiger charge is 2.35. The van der Waals surface area contributed by atoms with Crippen molar-refractivity contribution in [2.24, 2.45) is 0 Å². The van der Waals surface area contributed by atoms with E-state index in [-0.39, 0.29) is 12.2 Å². The molecule has 0 spiro atoms. The van der Waals surface area contributed by atoms with E-state index in [1.54, 1.807) is 12.1 Å². The van der Waals surface area contributed by atoms with Crippen molar-refractivity contribution in [3.05, 3.63) is 57.6 Å². The summed E-state index contributed by atoms with van der Waals surface area (Å²) in [6.07, 6.45) is -6.02. The van der Waals surface area contributed by atoms with Crippen molar-refractivity contribution in [3.63, 3.8) is 0 Å². The van der Waals surface area contributed by atoms with Crippen LogP contribution in [0.4, 0.5) is 24.5 Å². The molecule has 1 atom stereocenters. The van der Waals surface area contributed by atoms with E-state index in [9.17, 15) is 28.4 Å². The zero-order valence-electron chi connectivity index (χ0n) is 14.4. The molecule has 2 N–H and O–H groups in total. The summed E-state index contributed by atoms with van der Waals surface area (Å²) < 4.78 is 49.8. The predicted molar refractivity (Wildman–Crippen MR) is 91.1 cm³/mol. The molecule has 0 aliphatic heterocycles. The monoisotopic (exact) mass is 386 g/mol. The van der Waals surface area contributed by atoms with E-state index in [1.807, 2.05) is 0 Å². The Morgan fingerprint density at radius 1 is 1.19 bits per heavy atom. The van der Waals surface area contributed by atoms with E-state index in [4.69, 9.17) is 9.47 Å². The smallest absolute Gasteiger partial charge is 0.418 e. The first-order valence-electron chi connectivity index (χ1n) is 7.67. The molecular formula is C17H17F3N2O5. The number of hydrogen-bond donors (Lipinski definition) is 2. The van der Waals surface area contributed by atoms with Crippen molar-refractivity contribution in [3.8, 4) is 11.5 Å². The Balaban J connectivity index is 2.27. The minimum Gasteiger partial charge on any atom is -0.497 e. The lowest BCUT2D eigenvalue weighted by Crippen LogP contribution is -2.17. The summed E-state index contributed by atoms with van der Waals surface area (Å²) in [5.41, 5.74) is -1.93. The van der Waals surface area contributed by atoms with Crippen LogP contribution in [-0.4, -0.2) is 30.8 Å². The Labute approximate surface area is 152 Å². The third-order valence-corrected chi connectivity index (χ3v) is 3.80. The average Bonchev–Trinajstić information content (AvgIpc) is 2.64. The zero-order chi connectivity index (χ0) is 20.2. The van der Waals surface area contributed by atoms with Gasteiger partial charge in [0, 0.05) is 29.9 Å². The number of ether oxygens (including phenoxy) is 2. The Morgan fingerprint density at radius 3 is 2.44 bits per heavy atom. The Hall–Kier alpha value is -3.01. The number of benzene rings is 2. The minimum absolute atomic E-state index is 0.287. The summed E-state index contributed by atoms with van der Waals surface area (Å²) in [5.74, 6) is 0.779. The molecule has 1 unspecified atom stereocenters. The number of aliphatic hydroxyl groups is 1. The van der Waals surface area contributed by atoms with Gasteiger partial charge < -0.3 is 19.9 Å². The van der Waals surface area contributed by atoms with Crippen LogP contribution in [0.2, 0.25) is 0 Å². The van der Waals surface area contributed by atoms with E-state index < -0.39 is 28.5 Å². The average molecular weight is 386 g/mol. The van der Waals surface area contributed by atoms with E-state index in [2.05, 4.69) is 5.32 Å². The first kappa shape index (κ1) is 20.3. The molecule has 0 saturated carbocycles. The molecule has 2 aromatic carbocycles. The van der Waals surface area contributed by atoms with Gasteiger partial charge in [-0.2, -0.15) is 13.2 Å². The highest BCUT2D eigenvalue weighted by Crippen LogP contribution is 2.37. The van der Waals surface area contributed by atoms with Crippen molar-refractivity contribution >= 4 is 11.4 Å². The number of non-ortho nitro benzene ring substituents is 1. The van der Waals surface area contributed by atoms with Crippen molar-refractivity contribution in [2.45, 2.75) is 12.3 Å². The van der Waals surface area contributed by atoms with Crippen LogP contribution in [-0.2, 0) is 6.18 Å². The number of hydrogen-bond acceptors (Lipinski definition) is 6. The zero-order valence-corrected chi connectivity index (χ0v) is 14.4. The number of nitro benzene ring substituents is 1. The van der Waals surface area contributed by atoms with E-state index >= 15 is 0 Å². The van der Waals surface area contributed by atoms with Gasteiger partial charge in [-0.15, -0.1) is 0 Å². The predicted octanol–water partition coefficient (Wildman–Crippen LogP) is 3.78. The molecule has 2 rings (SSSR count). The van der Waals surface area contributed by atoms with Gasteiger partial charge in [0.2, 0.25) is 0 Å². The van der Waals surface area contributed by atoms with E-state index in [1.165, 1.54) is 20.3 Å². The van der Waals surface area contributed by atoms with E-state index in [0.29, 0.717) is 23.1 Å². The second kappa shape index (κ2) is 8.12. The first-order chi connectivity index (χ1) is 12.7. The van der Waals surface area contributed by atoms with Gasteiger partial charge in [0.1, 0.15) is 11.5 Å². The lowest BCUT2D eigenvalue weighted by Gasteiger charge is -2.19. The molecule has 0 radical (unpaired) electrons. The maximum atomic E-state index is 13.2. The van der Waals surface area contributed by atoms with Crippen LogP contribution < -0.4 is 14.8 Å². The molecular weight excluding hydrogens is 369 g/mol. The Morgan fingerprint density at radius 2 is 1.89 bits per heavy atom. The van der Waals surface area contributed by atoms with Gasteiger partial charge in [0.05, 0.1) is 30.8 Å². The molecule has 10 heteroatoms. The van der Waals surface area contributed by atoms with Crippen LogP contribution in [0.15, 0.2) is 36.4 Å². The van der Waals surface area contributed by atoms with Crippen LogP contribution in [0, 0.1) is 10.1 Å². The van der Waals surface area contributed by atoms with Gasteiger partial charge in [0.15, 0.2) is 0 Å². The number of methoxy groups -OCH3 is 2. The number of aliphatic hydroxyl groups excluding tert-OH is 1. The van der Waals surface area contributed by atoms with Crippen LogP contribution in [0.5, 0.6) is 11.5 Å². The summed E-state index contributed by atoms with van der Waals surface area (Å²) in [6, 6.07) is 7.03. The second-order valence-corrected chi connectivity index (χ2v) is 5.49. The lowest BCUT2D eigenvalue weighted by atomic mass is 10.1. The molecule has 27 heavy (non-hydrogen) atoms. The number of rotatable bonds is 7. The van der Waals surface area contributed by atoms with E-state index in [0.717, 1.165) is 12.1 Å². The summed E-state index contributed by atoms with van der Waals surface area (Å²) in [7, 11) is 2.83. The van der Waals surface area contributed by atoms with Gasteiger partial charge in [-0.25, -0.2) is 0 Å². The number of halogens is 3.